The van der Waals surface area contributed by atoms with Crippen molar-refractivity contribution in [3.8, 4) is 0 Å². The first-order chi connectivity index (χ1) is 15.0. The van der Waals surface area contributed by atoms with Gasteiger partial charge in [-0.1, -0.05) is 48.5 Å². The second-order valence-corrected chi connectivity index (χ2v) is 7.55. The average molecular weight is 426 g/mol. The number of thiocarbonyl (C=S) groups is 1. The Morgan fingerprint density at radius 1 is 0.839 bits per heavy atom. The van der Waals surface area contributed by atoms with Crippen LogP contribution in [0.1, 0.15) is 5.56 Å². The monoisotopic (exact) mass is 426 g/mol. The van der Waals surface area contributed by atoms with Crippen molar-refractivity contribution in [2.75, 3.05) is 4.90 Å². The minimum absolute atomic E-state index is 0.0402. The summed E-state index contributed by atoms with van der Waals surface area (Å²) in [6, 6.07) is 23.1. The fraction of sp³-hybridized carbons (Fsp3) is 0. The third-order valence-corrected chi connectivity index (χ3v) is 5.57. The Morgan fingerprint density at radius 2 is 1.42 bits per heavy atom. The lowest BCUT2D eigenvalue weighted by Crippen LogP contribution is -2.54. The summed E-state index contributed by atoms with van der Waals surface area (Å²) in [5, 5.41) is 6.39. The number of carbonyl (C=O) groups excluding carboxylic acids is 2. The van der Waals surface area contributed by atoms with Crippen LogP contribution in [0.5, 0.6) is 0 Å². The molecule has 5 rings (SSSR count). The van der Waals surface area contributed by atoms with E-state index in [0.717, 1.165) is 27.1 Å². The summed E-state index contributed by atoms with van der Waals surface area (Å²) in [5.74, 6) is -1.55. The zero-order valence-electron chi connectivity index (χ0n) is 16.1. The number of nitrogens with zero attached hydrogens (tertiary/aromatic N) is 1. The van der Waals surface area contributed by atoms with Gasteiger partial charge in [0.2, 0.25) is 0 Å². The summed E-state index contributed by atoms with van der Waals surface area (Å²) < 4.78 is 13.4. The van der Waals surface area contributed by atoms with E-state index in [2.05, 4.69) is 11.4 Å². The number of hydrogen-bond donors (Lipinski definition) is 1. The summed E-state index contributed by atoms with van der Waals surface area (Å²) in [5.41, 5.74) is 1.11. The van der Waals surface area contributed by atoms with Gasteiger partial charge < -0.3 is 0 Å². The fourth-order valence-electron chi connectivity index (χ4n) is 3.83. The first-order valence-corrected chi connectivity index (χ1v) is 10.0. The second kappa shape index (κ2) is 7.41. The van der Waals surface area contributed by atoms with Crippen LogP contribution in [0.4, 0.5) is 10.1 Å². The van der Waals surface area contributed by atoms with Crippen LogP contribution in [0.3, 0.4) is 0 Å². The number of nitrogens with one attached hydrogen (secondary N) is 1. The molecular formula is C25H15FN2O2S. The molecule has 2 amide bonds. The molecule has 0 unspecified atom stereocenters. The van der Waals surface area contributed by atoms with Crippen LogP contribution >= 0.6 is 12.2 Å². The molecule has 0 spiro atoms. The molecule has 0 radical (unpaired) electrons. The van der Waals surface area contributed by atoms with Crippen LogP contribution in [0.25, 0.3) is 27.6 Å². The van der Waals surface area contributed by atoms with E-state index in [1.54, 1.807) is 6.08 Å². The maximum Gasteiger partial charge on any atom is 0.270 e. The number of rotatable bonds is 2. The number of halogens is 1. The van der Waals surface area contributed by atoms with E-state index < -0.39 is 17.6 Å². The Hall–Kier alpha value is -3.90. The molecule has 0 aromatic heterocycles. The van der Waals surface area contributed by atoms with Crippen molar-refractivity contribution >= 4 is 62.5 Å². The number of fused-ring (bicyclic) bond motifs is 2. The molecule has 0 aliphatic carbocycles. The van der Waals surface area contributed by atoms with Gasteiger partial charge in [-0.25, -0.2) is 4.39 Å². The number of anilines is 1. The molecular weight excluding hydrogens is 411 g/mol. The molecule has 0 atom stereocenters. The Morgan fingerprint density at radius 3 is 2.03 bits per heavy atom. The highest BCUT2D eigenvalue weighted by Gasteiger charge is 2.34. The summed E-state index contributed by atoms with van der Waals surface area (Å²) in [6.07, 6.45) is 1.61. The SMILES string of the molecule is O=C1NC(=S)N(c2ccc(F)cc2)C(=O)/C1=C/c1c2ccccc2cc2ccccc12. The van der Waals surface area contributed by atoms with Crippen molar-refractivity contribution in [2.24, 2.45) is 0 Å². The molecule has 1 heterocycles. The zero-order chi connectivity index (χ0) is 21.5. The van der Waals surface area contributed by atoms with E-state index in [0.29, 0.717) is 5.69 Å². The van der Waals surface area contributed by atoms with Gasteiger partial charge >= 0.3 is 0 Å². The van der Waals surface area contributed by atoms with Gasteiger partial charge in [-0.2, -0.15) is 0 Å². The summed E-state index contributed by atoms with van der Waals surface area (Å²) in [4.78, 5) is 27.3. The Kier molecular flexibility index (Phi) is 4.56. The summed E-state index contributed by atoms with van der Waals surface area (Å²) in [7, 11) is 0. The van der Waals surface area contributed by atoms with Gasteiger partial charge in [-0.15, -0.1) is 0 Å². The van der Waals surface area contributed by atoms with Crippen LogP contribution in [-0.4, -0.2) is 16.9 Å². The maximum absolute atomic E-state index is 13.4. The quantitative estimate of drug-likeness (QED) is 0.213. The molecule has 1 N–H and O–H groups in total. The lowest BCUT2D eigenvalue weighted by Gasteiger charge is -2.29. The number of benzene rings is 4. The first kappa shape index (κ1) is 19.1. The standard InChI is InChI=1S/C25H15FN2O2S/c26-17-9-11-18(12-10-17)28-24(30)22(23(29)27-25(28)31)14-21-19-7-3-1-5-15(19)13-16-6-2-4-8-20(16)21/h1-14H,(H,27,29,31)/b22-14+. The van der Waals surface area contributed by atoms with Crippen LogP contribution in [0.2, 0.25) is 0 Å². The Bertz CT molecular complexity index is 1370. The van der Waals surface area contributed by atoms with Gasteiger partial charge in [0.1, 0.15) is 11.4 Å². The summed E-state index contributed by atoms with van der Waals surface area (Å²) in [6.45, 7) is 0. The van der Waals surface area contributed by atoms with E-state index in [1.807, 2.05) is 48.5 Å². The summed E-state index contributed by atoms with van der Waals surface area (Å²) >= 11 is 5.22. The molecule has 0 bridgehead atoms. The first-order valence-electron chi connectivity index (χ1n) is 9.60. The smallest absolute Gasteiger partial charge is 0.270 e. The van der Waals surface area contributed by atoms with Crippen LogP contribution < -0.4 is 10.2 Å². The van der Waals surface area contributed by atoms with E-state index in [4.69, 9.17) is 12.2 Å². The molecule has 1 aliphatic rings. The highest BCUT2D eigenvalue weighted by molar-refractivity contribution is 7.80. The van der Waals surface area contributed by atoms with Crippen molar-refractivity contribution in [1.82, 2.24) is 5.32 Å². The van der Waals surface area contributed by atoms with Crippen molar-refractivity contribution in [1.29, 1.82) is 0 Å². The highest BCUT2D eigenvalue weighted by atomic mass is 32.1. The van der Waals surface area contributed by atoms with Crippen molar-refractivity contribution in [3.63, 3.8) is 0 Å². The van der Waals surface area contributed by atoms with Crippen LogP contribution in [0, 0.1) is 5.82 Å². The largest absolute Gasteiger partial charge is 0.298 e. The molecule has 1 saturated heterocycles. The van der Waals surface area contributed by atoms with Crippen molar-refractivity contribution < 1.29 is 14.0 Å². The minimum Gasteiger partial charge on any atom is -0.298 e. The molecule has 1 fully saturated rings. The topological polar surface area (TPSA) is 49.4 Å². The lowest BCUT2D eigenvalue weighted by atomic mass is 9.94. The fourth-order valence-corrected chi connectivity index (χ4v) is 4.11. The predicted octanol–water partition coefficient (Wildman–Crippen LogP) is 4.96. The average Bonchev–Trinajstić information content (AvgIpc) is 2.77. The Labute approximate surface area is 182 Å². The molecule has 6 heteroatoms. The Balaban J connectivity index is 1.71. The predicted molar refractivity (Wildman–Crippen MR) is 124 cm³/mol. The van der Waals surface area contributed by atoms with E-state index in [1.165, 1.54) is 29.2 Å². The van der Waals surface area contributed by atoms with Gasteiger partial charge in [-0.05, 0) is 75.7 Å². The van der Waals surface area contributed by atoms with Gasteiger partial charge in [-0.3, -0.25) is 19.8 Å². The van der Waals surface area contributed by atoms with E-state index in [9.17, 15) is 14.0 Å². The van der Waals surface area contributed by atoms with Gasteiger partial charge in [0.25, 0.3) is 11.8 Å². The molecule has 4 aromatic rings. The van der Waals surface area contributed by atoms with Crippen LogP contribution in [-0.2, 0) is 9.59 Å². The molecule has 0 saturated carbocycles. The molecule has 31 heavy (non-hydrogen) atoms. The van der Waals surface area contributed by atoms with Gasteiger partial charge in [0, 0.05) is 0 Å². The number of hydrogen-bond acceptors (Lipinski definition) is 3. The third kappa shape index (κ3) is 3.27. The number of amides is 2. The van der Waals surface area contributed by atoms with Crippen molar-refractivity contribution in [3.05, 3.63) is 95.8 Å². The van der Waals surface area contributed by atoms with Crippen molar-refractivity contribution in [2.45, 2.75) is 0 Å². The molecule has 4 nitrogen and oxygen atoms in total. The molecule has 1 aliphatic heterocycles. The zero-order valence-corrected chi connectivity index (χ0v) is 16.9. The van der Waals surface area contributed by atoms with E-state index in [-0.39, 0.29) is 10.7 Å². The minimum atomic E-state index is -0.564. The number of carbonyl (C=O) groups is 2. The third-order valence-electron chi connectivity index (χ3n) is 5.29. The molecule has 4 aromatic carbocycles. The lowest BCUT2D eigenvalue weighted by molar-refractivity contribution is -0.122. The molecule has 150 valence electrons. The normalized spacial score (nSPS) is 15.7. The second-order valence-electron chi connectivity index (χ2n) is 7.17. The highest BCUT2D eigenvalue weighted by Crippen LogP contribution is 2.31. The van der Waals surface area contributed by atoms with E-state index >= 15 is 0 Å². The maximum atomic E-state index is 13.4. The van der Waals surface area contributed by atoms with Gasteiger partial charge in [0.15, 0.2) is 5.11 Å². The van der Waals surface area contributed by atoms with Gasteiger partial charge in [0.05, 0.1) is 5.69 Å². The van der Waals surface area contributed by atoms with Crippen LogP contribution in [0.15, 0.2) is 84.4 Å².